The van der Waals surface area contributed by atoms with Gasteiger partial charge in [-0.15, -0.1) is 0 Å². The second-order valence-electron chi connectivity index (χ2n) is 6.55. The lowest BCUT2D eigenvalue weighted by Crippen LogP contribution is -2.44. The Morgan fingerprint density at radius 2 is 2.11 bits per heavy atom. The first-order valence-corrected chi connectivity index (χ1v) is 7.77. The summed E-state index contributed by atoms with van der Waals surface area (Å²) in [6, 6.07) is 0.942. The van der Waals surface area contributed by atoms with Gasteiger partial charge in [0.2, 0.25) is 5.91 Å². The molecule has 0 aromatic rings. The number of hydrogen-bond donors (Lipinski definition) is 1. The summed E-state index contributed by atoms with van der Waals surface area (Å²) in [6.07, 6.45) is 10.00. The smallest absolute Gasteiger partial charge is 0.224 e. The fraction of sp³-hybridized carbons (Fsp3) is 0.933. The highest BCUT2D eigenvalue weighted by Crippen LogP contribution is 2.41. The molecule has 0 aromatic heterocycles. The molecule has 2 heterocycles. The maximum atomic E-state index is 11.9. The summed E-state index contributed by atoms with van der Waals surface area (Å²) in [5, 5.41) is 3.75. The van der Waals surface area contributed by atoms with E-state index in [1.807, 2.05) is 0 Å². The largest absolute Gasteiger partial charge is 0.338 e. The van der Waals surface area contributed by atoms with Gasteiger partial charge in [-0.25, -0.2) is 0 Å². The van der Waals surface area contributed by atoms with Crippen LogP contribution < -0.4 is 5.32 Å². The van der Waals surface area contributed by atoms with E-state index in [0.717, 1.165) is 19.5 Å². The van der Waals surface area contributed by atoms with Crippen molar-refractivity contribution in [2.45, 2.75) is 70.4 Å². The first kappa shape index (κ1) is 12.5. The Kier molecular flexibility index (Phi) is 3.35. The van der Waals surface area contributed by atoms with Crippen molar-refractivity contribution in [1.29, 1.82) is 0 Å². The van der Waals surface area contributed by atoms with E-state index in [9.17, 15) is 4.79 Å². The Morgan fingerprint density at radius 1 is 1.33 bits per heavy atom. The van der Waals surface area contributed by atoms with E-state index in [4.69, 9.17) is 0 Å². The molecule has 2 atom stereocenters. The molecule has 3 rings (SSSR count). The van der Waals surface area contributed by atoms with Crippen molar-refractivity contribution in [3.8, 4) is 0 Å². The molecule has 1 saturated carbocycles. The molecule has 0 bridgehead atoms. The van der Waals surface area contributed by atoms with Crippen molar-refractivity contribution in [2.24, 2.45) is 5.41 Å². The molecule has 1 aliphatic carbocycles. The highest BCUT2D eigenvalue weighted by atomic mass is 16.2. The third kappa shape index (κ3) is 2.07. The predicted octanol–water partition coefficient (Wildman–Crippen LogP) is 2.31. The Bertz CT molecular complexity index is 322. The molecule has 3 fully saturated rings. The fourth-order valence-corrected chi connectivity index (χ4v) is 4.30. The molecule has 2 aliphatic heterocycles. The van der Waals surface area contributed by atoms with Gasteiger partial charge in [-0.2, -0.15) is 0 Å². The van der Waals surface area contributed by atoms with Crippen LogP contribution in [0.5, 0.6) is 0 Å². The first-order chi connectivity index (χ1) is 8.74. The van der Waals surface area contributed by atoms with Gasteiger partial charge in [0.25, 0.3) is 0 Å². The molecule has 0 spiro atoms. The van der Waals surface area contributed by atoms with Crippen LogP contribution >= 0.6 is 0 Å². The summed E-state index contributed by atoms with van der Waals surface area (Å²) >= 11 is 0. The van der Waals surface area contributed by atoms with E-state index in [2.05, 4.69) is 17.1 Å². The molecular formula is C15H26N2O. The van der Waals surface area contributed by atoms with Crippen molar-refractivity contribution < 1.29 is 4.79 Å². The van der Waals surface area contributed by atoms with Gasteiger partial charge in [0, 0.05) is 31.6 Å². The molecule has 0 radical (unpaired) electrons. The quantitative estimate of drug-likeness (QED) is 0.830. The van der Waals surface area contributed by atoms with Gasteiger partial charge >= 0.3 is 0 Å². The Hall–Kier alpha value is -0.570. The van der Waals surface area contributed by atoms with Gasteiger partial charge in [-0.05, 0) is 37.5 Å². The van der Waals surface area contributed by atoms with E-state index in [1.54, 1.807) is 0 Å². The first-order valence-electron chi connectivity index (χ1n) is 7.77. The minimum Gasteiger partial charge on any atom is -0.338 e. The number of carbonyl (C=O) groups excluding carboxylic acids is 1. The van der Waals surface area contributed by atoms with E-state index in [0.29, 0.717) is 23.4 Å². The van der Waals surface area contributed by atoms with Crippen LogP contribution in [0.1, 0.15) is 58.3 Å². The van der Waals surface area contributed by atoms with Crippen molar-refractivity contribution in [3.05, 3.63) is 0 Å². The third-order valence-corrected chi connectivity index (χ3v) is 5.63. The number of nitrogens with zero attached hydrogens (tertiary/aromatic N) is 1. The minimum absolute atomic E-state index is 0.381. The Labute approximate surface area is 110 Å². The molecule has 18 heavy (non-hydrogen) atoms. The number of fused-ring (bicyclic) bond motifs is 1. The van der Waals surface area contributed by atoms with Gasteiger partial charge in [0.05, 0.1) is 0 Å². The zero-order valence-electron chi connectivity index (χ0n) is 11.6. The molecule has 1 amide bonds. The normalized spacial score (nSPS) is 34.3. The number of carbonyl (C=O) groups is 1. The standard InChI is InChI=1S/C15H26N2O/c1-2-15(7-3-4-8-15)11-16-12-10-14(18)17-9-5-6-13(12)17/h12-13,16H,2-11H2,1H3. The lowest BCUT2D eigenvalue weighted by molar-refractivity contribution is -0.127. The van der Waals surface area contributed by atoms with Crippen LogP contribution in [0, 0.1) is 5.41 Å². The summed E-state index contributed by atoms with van der Waals surface area (Å²) in [6.45, 7) is 4.46. The minimum atomic E-state index is 0.381. The molecule has 2 unspecified atom stereocenters. The lowest BCUT2D eigenvalue weighted by Gasteiger charge is -2.31. The topological polar surface area (TPSA) is 32.3 Å². The number of hydrogen-bond acceptors (Lipinski definition) is 2. The fourth-order valence-electron chi connectivity index (χ4n) is 4.30. The van der Waals surface area contributed by atoms with Crippen molar-refractivity contribution >= 4 is 5.91 Å². The number of rotatable bonds is 4. The maximum absolute atomic E-state index is 11.9. The zero-order valence-corrected chi connectivity index (χ0v) is 11.6. The van der Waals surface area contributed by atoms with Crippen LogP contribution in [0.4, 0.5) is 0 Å². The van der Waals surface area contributed by atoms with Crippen molar-refractivity contribution in [3.63, 3.8) is 0 Å². The summed E-state index contributed by atoms with van der Waals surface area (Å²) < 4.78 is 0. The van der Waals surface area contributed by atoms with Gasteiger partial charge in [-0.1, -0.05) is 19.8 Å². The molecular weight excluding hydrogens is 224 g/mol. The van der Waals surface area contributed by atoms with Gasteiger partial charge in [-0.3, -0.25) is 4.79 Å². The lowest BCUT2D eigenvalue weighted by atomic mass is 9.83. The molecule has 3 heteroatoms. The maximum Gasteiger partial charge on any atom is 0.224 e. The highest BCUT2D eigenvalue weighted by molar-refractivity contribution is 5.80. The second kappa shape index (κ2) is 4.84. The van der Waals surface area contributed by atoms with Gasteiger partial charge in [0.15, 0.2) is 0 Å². The van der Waals surface area contributed by atoms with Crippen LogP contribution in [0.2, 0.25) is 0 Å². The van der Waals surface area contributed by atoms with Crippen LogP contribution in [0.15, 0.2) is 0 Å². The second-order valence-corrected chi connectivity index (χ2v) is 6.55. The monoisotopic (exact) mass is 250 g/mol. The van der Waals surface area contributed by atoms with E-state index < -0.39 is 0 Å². The molecule has 3 aliphatic rings. The van der Waals surface area contributed by atoms with Crippen molar-refractivity contribution in [2.75, 3.05) is 13.1 Å². The van der Waals surface area contributed by atoms with E-state index >= 15 is 0 Å². The summed E-state index contributed by atoms with van der Waals surface area (Å²) in [4.78, 5) is 14.0. The van der Waals surface area contributed by atoms with Crippen LogP contribution in [0.3, 0.4) is 0 Å². The highest BCUT2D eigenvalue weighted by Gasteiger charge is 2.43. The number of amides is 1. The zero-order chi connectivity index (χ0) is 12.6. The van der Waals surface area contributed by atoms with Gasteiger partial charge < -0.3 is 10.2 Å². The number of nitrogens with one attached hydrogen (secondary N) is 1. The Morgan fingerprint density at radius 3 is 2.83 bits per heavy atom. The van der Waals surface area contributed by atoms with E-state index in [1.165, 1.54) is 44.9 Å². The van der Waals surface area contributed by atoms with E-state index in [-0.39, 0.29) is 0 Å². The van der Waals surface area contributed by atoms with Gasteiger partial charge in [0.1, 0.15) is 0 Å². The summed E-state index contributed by atoms with van der Waals surface area (Å²) in [7, 11) is 0. The van der Waals surface area contributed by atoms with Crippen LogP contribution in [-0.4, -0.2) is 36.0 Å². The third-order valence-electron chi connectivity index (χ3n) is 5.63. The molecule has 0 aromatic carbocycles. The molecule has 102 valence electrons. The van der Waals surface area contributed by atoms with Crippen LogP contribution in [0.25, 0.3) is 0 Å². The SMILES string of the molecule is CCC1(CNC2CC(=O)N3CCCC23)CCCC1. The molecule has 3 nitrogen and oxygen atoms in total. The molecule has 1 N–H and O–H groups in total. The molecule has 2 saturated heterocycles. The summed E-state index contributed by atoms with van der Waals surface area (Å²) in [5.41, 5.74) is 0.537. The summed E-state index contributed by atoms with van der Waals surface area (Å²) in [5.74, 6) is 0.381. The Balaban J connectivity index is 1.58. The van der Waals surface area contributed by atoms with Crippen molar-refractivity contribution in [1.82, 2.24) is 10.2 Å². The average molecular weight is 250 g/mol. The van der Waals surface area contributed by atoms with Crippen LogP contribution in [-0.2, 0) is 4.79 Å². The predicted molar refractivity (Wildman–Crippen MR) is 72.3 cm³/mol. The average Bonchev–Trinajstić information content (AvgIpc) is 3.06.